The molecule has 2 aliphatic rings. The minimum absolute atomic E-state index is 0.148. The molecule has 2 heterocycles. The average Bonchev–Trinajstić information content (AvgIpc) is 2.97. The highest BCUT2D eigenvalue weighted by atomic mass is 16.5. The van der Waals surface area contributed by atoms with Gasteiger partial charge in [-0.2, -0.15) is 0 Å². The Balaban J connectivity index is 1.46. The Morgan fingerprint density at radius 1 is 1.46 bits per heavy atom. The molecule has 8 heteroatoms. The number of urea groups is 1. The fourth-order valence-corrected chi connectivity index (χ4v) is 3.19. The van der Waals surface area contributed by atoms with Crippen molar-refractivity contribution in [3.8, 4) is 0 Å². The molecule has 3 rings (SSSR count). The van der Waals surface area contributed by atoms with Crippen LogP contribution in [0.5, 0.6) is 0 Å². The summed E-state index contributed by atoms with van der Waals surface area (Å²) < 4.78 is 4.90. The van der Waals surface area contributed by atoms with Crippen LogP contribution in [0.15, 0.2) is 12.4 Å². The number of ether oxygens (including phenoxy) is 1. The lowest BCUT2D eigenvalue weighted by atomic mass is 9.78. The highest BCUT2D eigenvalue weighted by Gasteiger charge is 2.33. The van der Waals surface area contributed by atoms with Gasteiger partial charge in [0.25, 0.3) is 0 Å². The topological polar surface area (TPSA) is 99.6 Å². The molecular formula is C16H25N5O3. The molecule has 1 aromatic heterocycles. The summed E-state index contributed by atoms with van der Waals surface area (Å²) in [5, 5.41) is 15.4. The smallest absolute Gasteiger partial charge is 0.315 e. The van der Waals surface area contributed by atoms with Gasteiger partial charge in [0.1, 0.15) is 12.1 Å². The van der Waals surface area contributed by atoms with E-state index in [1.165, 1.54) is 0 Å². The predicted octanol–water partition coefficient (Wildman–Crippen LogP) is 0.239. The summed E-state index contributed by atoms with van der Waals surface area (Å²) in [6.07, 6.45) is 3.88. The number of nitrogens with zero attached hydrogens (tertiary/aromatic N) is 3. The number of aliphatic hydroxyl groups excluding tert-OH is 1. The number of carbonyl (C=O) groups is 1. The molecule has 0 bridgehead atoms. The summed E-state index contributed by atoms with van der Waals surface area (Å²) >= 11 is 0. The zero-order valence-electron chi connectivity index (χ0n) is 13.9. The number of hydrogen-bond donors (Lipinski definition) is 3. The van der Waals surface area contributed by atoms with Crippen LogP contribution in [0.1, 0.15) is 30.9 Å². The molecule has 2 amide bonds. The van der Waals surface area contributed by atoms with Gasteiger partial charge in [0.2, 0.25) is 0 Å². The number of hydrogen-bond acceptors (Lipinski definition) is 6. The second-order valence-corrected chi connectivity index (χ2v) is 6.45. The van der Waals surface area contributed by atoms with Crippen molar-refractivity contribution in [2.24, 2.45) is 0 Å². The number of carbonyl (C=O) groups excluding carboxylic acids is 1. The Morgan fingerprint density at radius 3 is 3.00 bits per heavy atom. The zero-order valence-corrected chi connectivity index (χ0v) is 13.9. The van der Waals surface area contributed by atoms with Crippen molar-refractivity contribution in [3.63, 3.8) is 0 Å². The first kappa shape index (κ1) is 16.9. The predicted molar refractivity (Wildman–Crippen MR) is 89.0 cm³/mol. The van der Waals surface area contributed by atoms with Crippen molar-refractivity contribution in [3.05, 3.63) is 18.1 Å². The number of nitrogens with one attached hydrogen (secondary N) is 2. The Kier molecular flexibility index (Phi) is 5.47. The van der Waals surface area contributed by atoms with Gasteiger partial charge >= 0.3 is 6.03 Å². The van der Waals surface area contributed by atoms with E-state index < -0.39 is 0 Å². The maximum Gasteiger partial charge on any atom is 0.315 e. The van der Waals surface area contributed by atoms with Crippen molar-refractivity contribution in [1.29, 1.82) is 0 Å². The van der Waals surface area contributed by atoms with Crippen LogP contribution < -0.4 is 15.5 Å². The fourth-order valence-electron chi connectivity index (χ4n) is 3.19. The first-order valence-electron chi connectivity index (χ1n) is 8.44. The number of methoxy groups -OCH3 is 1. The molecule has 1 saturated heterocycles. The van der Waals surface area contributed by atoms with Gasteiger partial charge in [-0.3, -0.25) is 0 Å². The lowest BCUT2D eigenvalue weighted by Crippen LogP contribution is -2.48. The van der Waals surface area contributed by atoms with Gasteiger partial charge in [-0.25, -0.2) is 14.8 Å². The van der Waals surface area contributed by atoms with Gasteiger partial charge in [0.15, 0.2) is 0 Å². The summed E-state index contributed by atoms with van der Waals surface area (Å²) in [5.41, 5.74) is 1.01. The van der Waals surface area contributed by atoms with Crippen LogP contribution in [0.3, 0.4) is 0 Å². The quantitative estimate of drug-likeness (QED) is 0.644. The van der Waals surface area contributed by atoms with Crippen molar-refractivity contribution < 1.29 is 14.6 Å². The van der Waals surface area contributed by atoms with E-state index in [-0.39, 0.29) is 18.2 Å². The normalized spacial score (nSPS) is 26.1. The third-order valence-electron chi connectivity index (χ3n) is 4.64. The first-order valence-corrected chi connectivity index (χ1v) is 8.44. The molecule has 3 N–H and O–H groups in total. The summed E-state index contributed by atoms with van der Waals surface area (Å²) in [7, 11) is 1.61. The largest absolute Gasteiger partial charge is 0.391 e. The highest BCUT2D eigenvalue weighted by molar-refractivity contribution is 5.74. The van der Waals surface area contributed by atoms with Crippen LogP contribution in [0.4, 0.5) is 10.6 Å². The molecule has 1 unspecified atom stereocenters. The van der Waals surface area contributed by atoms with Gasteiger partial charge in [0, 0.05) is 50.5 Å². The number of β-amino-alcohol motifs (C(OH)–C–C–N with tert-alkyl or cyclic N) is 1. The molecule has 24 heavy (non-hydrogen) atoms. The number of amides is 2. The summed E-state index contributed by atoms with van der Waals surface area (Å²) in [6, 6.07) is 2.05. The Morgan fingerprint density at radius 2 is 2.29 bits per heavy atom. The lowest BCUT2D eigenvalue weighted by Gasteiger charge is -2.35. The molecular weight excluding hydrogens is 310 g/mol. The maximum absolute atomic E-state index is 11.7. The molecule has 132 valence electrons. The molecule has 1 saturated carbocycles. The second kappa shape index (κ2) is 7.76. The summed E-state index contributed by atoms with van der Waals surface area (Å²) in [5.74, 6) is 1.23. The van der Waals surface area contributed by atoms with Crippen molar-refractivity contribution >= 4 is 11.8 Å². The van der Waals surface area contributed by atoms with E-state index in [0.29, 0.717) is 25.6 Å². The lowest BCUT2D eigenvalue weighted by molar-refractivity contribution is 0.192. The molecule has 1 atom stereocenters. The number of anilines is 1. The van der Waals surface area contributed by atoms with E-state index in [9.17, 15) is 9.90 Å². The highest BCUT2D eigenvalue weighted by Crippen LogP contribution is 2.36. The van der Waals surface area contributed by atoms with Gasteiger partial charge in [-0.1, -0.05) is 0 Å². The van der Waals surface area contributed by atoms with E-state index in [1.807, 2.05) is 6.07 Å². The van der Waals surface area contributed by atoms with Crippen LogP contribution in [0.25, 0.3) is 0 Å². The van der Waals surface area contributed by atoms with Gasteiger partial charge in [-0.15, -0.1) is 0 Å². The van der Waals surface area contributed by atoms with Gasteiger partial charge < -0.3 is 25.4 Å². The van der Waals surface area contributed by atoms with E-state index in [4.69, 9.17) is 4.74 Å². The molecule has 1 aliphatic heterocycles. The summed E-state index contributed by atoms with van der Waals surface area (Å²) in [6.45, 7) is 2.48. The third kappa shape index (κ3) is 4.12. The van der Waals surface area contributed by atoms with E-state index in [0.717, 1.165) is 37.3 Å². The van der Waals surface area contributed by atoms with Crippen LogP contribution in [-0.2, 0) is 4.74 Å². The molecule has 8 nitrogen and oxygen atoms in total. The minimum Gasteiger partial charge on any atom is -0.391 e. The number of aliphatic hydroxyl groups is 1. The molecule has 0 spiro atoms. The Hall–Kier alpha value is -1.93. The second-order valence-electron chi connectivity index (χ2n) is 6.45. The van der Waals surface area contributed by atoms with Gasteiger partial charge in [0.05, 0.1) is 12.7 Å². The SMILES string of the molecule is COCCNC(=O)NC1CC(c2cc(N3CCC(O)C3)ncn2)C1. The van der Waals surface area contributed by atoms with Crippen LogP contribution in [-0.4, -0.2) is 66.6 Å². The van der Waals surface area contributed by atoms with E-state index in [1.54, 1.807) is 13.4 Å². The third-order valence-corrected chi connectivity index (χ3v) is 4.64. The molecule has 0 aromatic carbocycles. The standard InChI is InChI=1S/C16H25N5O3/c1-24-5-3-17-16(23)20-12-6-11(7-12)14-8-15(19-10-18-14)21-4-2-13(22)9-21/h8,10-13,22H,2-7,9H2,1H3,(H2,17,20,23). The van der Waals surface area contributed by atoms with Crippen molar-refractivity contribution in [2.45, 2.75) is 37.3 Å². The van der Waals surface area contributed by atoms with Crippen LogP contribution >= 0.6 is 0 Å². The Labute approximate surface area is 141 Å². The van der Waals surface area contributed by atoms with Crippen molar-refractivity contribution in [2.75, 3.05) is 38.3 Å². The molecule has 1 aromatic rings. The zero-order chi connectivity index (χ0) is 16.9. The Bertz CT molecular complexity index is 564. The minimum atomic E-state index is -0.266. The molecule has 2 fully saturated rings. The van der Waals surface area contributed by atoms with E-state index >= 15 is 0 Å². The number of rotatable bonds is 6. The monoisotopic (exact) mass is 335 g/mol. The molecule has 1 aliphatic carbocycles. The van der Waals surface area contributed by atoms with Gasteiger partial charge in [-0.05, 0) is 19.3 Å². The van der Waals surface area contributed by atoms with Crippen molar-refractivity contribution in [1.82, 2.24) is 20.6 Å². The first-order chi connectivity index (χ1) is 11.7. The van der Waals surface area contributed by atoms with Crippen LogP contribution in [0, 0.1) is 0 Å². The van der Waals surface area contributed by atoms with E-state index in [2.05, 4.69) is 25.5 Å². The molecule has 0 radical (unpaired) electrons. The summed E-state index contributed by atoms with van der Waals surface area (Å²) in [4.78, 5) is 22.5. The maximum atomic E-state index is 11.7. The fraction of sp³-hybridized carbons (Fsp3) is 0.688. The van der Waals surface area contributed by atoms with Crippen LogP contribution in [0.2, 0.25) is 0 Å². The number of aromatic nitrogens is 2. The average molecular weight is 335 g/mol.